The Labute approximate surface area is 218 Å². The zero-order valence-electron chi connectivity index (χ0n) is 22.4. The Hall–Kier alpha value is -3.03. The fourth-order valence-corrected chi connectivity index (χ4v) is 6.03. The van der Waals surface area contributed by atoms with Gasteiger partial charge in [0, 0.05) is 16.9 Å². The Morgan fingerprint density at radius 3 is 2.30 bits per heavy atom. The van der Waals surface area contributed by atoms with Gasteiger partial charge in [0.05, 0.1) is 14.2 Å². The summed E-state index contributed by atoms with van der Waals surface area (Å²) in [6.45, 7) is 7.89. The summed E-state index contributed by atoms with van der Waals surface area (Å²) in [5.74, 6) is -2.27. The molecule has 1 fully saturated rings. The lowest BCUT2D eigenvalue weighted by Crippen LogP contribution is -2.54. The van der Waals surface area contributed by atoms with Gasteiger partial charge in [0.1, 0.15) is 11.7 Å². The van der Waals surface area contributed by atoms with Crippen molar-refractivity contribution in [2.75, 3.05) is 14.2 Å². The zero-order chi connectivity index (χ0) is 27.0. The molecule has 7 nitrogen and oxygen atoms in total. The van der Waals surface area contributed by atoms with E-state index < -0.39 is 46.7 Å². The van der Waals surface area contributed by atoms with Crippen LogP contribution in [-0.4, -0.2) is 43.6 Å². The highest BCUT2D eigenvalue weighted by atomic mass is 16.7. The zero-order valence-corrected chi connectivity index (χ0v) is 22.4. The van der Waals surface area contributed by atoms with Crippen molar-refractivity contribution in [1.29, 1.82) is 0 Å². The van der Waals surface area contributed by atoms with E-state index >= 15 is 0 Å². The first-order valence-electron chi connectivity index (χ1n) is 12.7. The maximum atomic E-state index is 13.6. The number of carbonyl (C=O) groups is 3. The second-order valence-electron chi connectivity index (χ2n) is 10.8. The van der Waals surface area contributed by atoms with Gasteiger partial charge < -0.3 is 18.9 Å². The monoisotopic (exact) mass is 508 g/mol. The fraction of sp³-hybridized carbons (Fsp3) is 0.500. The summed E-state index contributed by atoms with van der Waals surface area (Å²) >= 11 is 0. The third-order valence-corrected chi connectivity index (χ3v) is 8.34. The Bertz CT molecular complexity index is 1140. The van der Waals surface area contributed by atoms with E-state index in [-0.39, 0.29) is 18.6 Å². The number of ketones is 1. The molecule has 1 spiro atoms. The van der Waals surface area contributed by atoms with Crippen molar-refractivity contribution in [2.24, 2.45) is 16.7 Å². The minimum atomic E-state index is -1.66. The van der Waals surface area contributed by atoms with Crippen LogP contribution in [0.2, 0.25) is 0 Å². The Kier molecular flexibility index (Phi) is 7.32. The second-order valence-corrected chi connectivity index (χ2v) is 10.8. The average Bonchev–Trinajstić information content (AvgIpc) is 3.27. The first-order valence-corrected chi connectivity index (χ1v) is 12.7. The van der Waals surface area contributed by atoms with E-state index in [0.717, 1.165) is 16.7 Å². The number of fused-ring (bicyclic) bond motifs is 1. The molecule has 4 rings (SSSR count). The number of allylic oxidation sites excluding steroid dienone is 3. The van der Waals surface area contributed by atoms with Crippen LogP contribution in [0, 0.1) is 16.7 Å². The number of rotatable bonds is 3. The highest BCUT2D eigenvalue weighted by Crippen LogP contribution is 2.57. The maximum Gasteiger partial charge on any atom is 0.323 e. The SMILES string of the molecule is COC(=O)C1(C(=O)OC)C/C=C\[C@@H]2O[C@H](c3ccccc3)O[C@]23CC=C(C)/C(=C/C(=O)[C@H](C)C1)C3(C)C. The normalized spacial score (nSPS) is 32.9. The molecule has 4 atom stereocenters. The summed E-state index contributed by atoms with van der Waals surface area (Å²) in [4.78, 5) is 39.6. The third-order valence-electron chi connectivity index (χ3n) is 8.34. The first kappa shape index (κ1) is 27.0. The van der Waals surface area contributed by atoms with E-state index in [2.05, 4.69) is 19.9 Å². The van der Waals surface area contributed by atoms with Crippen LogP contribution in [-0.2, 0) is 33.3 Å². The quantitative estimate of drug-likeness (QED) is 0.321. The van der Waals surface area contributed by atoms with E-state index in [1.54, 1.807) is 19.1 Å². The van der Waals surface area contributed by atoms with Gasteiger partial charge in [0.15, 0.2) is 17.5 Å². The molecular formula is C30H36O7. The van der Waals surface area contributed by atoms with Crippen molar-refractivity contribution >= 4 is 17.7 Å². The average molecular weight is 509 g/mol. The Balaban J connectivity index is 1.89. The van der Waals surface area contributed by atoms with Crippen LogP contribution in [0.15, 0.2) is 65.8 Å². The Morgan fingerprint density at radius 2 is 1.68 bits per heavy atom. The lowest BCUT2D eigenvalue weighted by atomic mass is 9.60. The van der Waals surface area contributed by atoms with Crippen molar-refractivity contribution in [3.8, 4) is 0 Å². The van der Waals surface area contributed by atoms with Crippen LogP contribution in [0.3, 0.4) is 0 Å². The molecule has 0 amide bonds. The van der Waals surface area contributed by atoms with Crippen LogP contribution in [0.5, 0.6) is 0 Å². The number of ether oxygens (including phenoxy) is 4. The summed E-state index contributed by atoms with van der Waals surface area (Å²) in [5.41, 5.74) is -0.326. The van der Waals surface area contributed by atoms with Crippen molar-refractivity contribution in [1.82, 2.24) is 0 Å². The molecule has 0 unspecified atom stereocenters. The minimum Gasteiger partial charge on any atom is -0.468 e. The molecule has 7 heteroatoms. The number of esters is 2. The smallest absolute Gasteiger partial charge is 0.323 e. The standard InChI is InChI=1S/C30H36O7/c1-19-14-16-30-24(36-25(37-30)21-11-8-7-9-12-21)13-10-15-29(26(32)34-5,27(33)35-6)18-20(2)23(31)17-22(19)28(30,3)4/h7-14,17,20,24-25H,15-16,18H2,1-6H3/b13-10-,22-17-/t20-,24+,25+,30-/m1/s1. The second kappa shape index (κ2) is 10.0. The number of carbonyl (C=O) groups excluding carboxylic acids is 3. The van der Waals surface area contributed by atoms with Crippen LogP contribution in [0.1, 0.15) is 58.8 Å². The Morgan fingerprint density at radius 1 is 1.03 bits per heavy atom. The largest absolute Gasteiger partial charge is 0.468 e. The lowest BCUT2D eigenvalue weighted by Gasteiger charge is -2.49. The van der Waals surface area contributed by atoms with Gasteiger partial charge >= 0.3 is 11.9 Å². The van der Waals surface area contributed by atoms with Gasteiger partial charge in [0.25, 0.3) is 0 Å². The van der Waals surface area contributed by atoms with Crippen molar-refractivity contribution in [3.05, 3.63) is 71.3 Å². The van der Waals surface area contributed by atoms with Crippen LogP contribution in [0.25, 0.3) is 0 Å². The highest BCUT2D eigenvalue weighted by Gasteiger charge is 2.60. The number of hydrogen-bond donors (Lipinski definition) is 0. The van der Waals surface area contributed by atoms with Crippen LogP contribution >= 0.6 is 0 Å². The molecule has 0 N–H and O–H groups in total. The summed E-state index contributed by atoms with van der Waals surface area (Å²) in [5, 5.41) is 0. The fourth-order valence-electron chi connectivity index (χ4n) is 6.03. The van der Waals surface area contributed by atoms with E-state index in [1.165, 1.54) is 14.2 Å². The van der Waals surface area contributed by atoms with Gasteiger partial charge in [0.2, 0.25) is 0 Å². The molecule has 1 aromatic carbocycles. The molecule has 198 valence electrons. The van der Waals surface area contributed by atoms with Crippen molar-refractivity contribution in [3.63, 3.8) is 0 Å². The van der Waals surface area contributed by atoms with E-state index in [0.29, 0.717) is 6.42 Å². The highest BCUT2D eigenvalue weighted by molar-refractivity contribution is 6.01. The van der Waals surface area contributed by atoms with Gasteiger partial charge in [-0.3, -0.25) is 14.4 Å². The third kappa shape index (κ3) is 4.38. The van der Waals surface area contributed by atoms with Crippen molar-refractivity contribution < 1.29 is 33.3 Å². The van der Waals surface area contributed by atoms with Gasteiger partial charge in [-0.05, 0) is 37.8 Å². The number of hydrogen-bond acceptors (Lipinski definition) is 7. The predicted molar refractivity (Wildman–Crippen MR) is 137 cm³/mol. The van der Waals surface area contributed by atoms with Crippen LogP contribution in [0.4, 0.5) is 0 Å². The molecule has 2 bridgehead atoms. The summed E-state index contributed by atoms with van der Waals surface area (Å²) in [6.07, 6.45) is 6.80. The van der Waals surface area contributed by atoms with Gasteiger partial charge in [-0.25, -0.2) is 0 Å². The predicted octanol–water partition coefficient (Wildman–Crippen LogP) is 5.03. The molecule has 37 heavy (non-hydrogen) atoms. The van der Waals surface area contributed by atoms with E-state index in [1.807, 2.05) is 43.3 Å². The maximum absolute atomic E-state index is 13.6. The van der Waals surface area contributed by atoms with E-state index in [4.69, 9.17) is 18.9 Å². The molecule has 3 aliphatic rings. The minimum absolute atomic E-state index is 0.00176. The molecule has 1 heterocycles. The molecule has 2 aliphatic carbocycles. The molecule has 0 radical (unpaired) electrons. The topological polar surface area (TPSA) is 88.1 Å². The van der Waals surface area contributed by atoms with Gasteiger partial charge in [-0.1, -0.05) is 74.9 Å². The summed E-state index contributed by atoms with van der Waals surface area (Å²) in [6, 6.07) is 9.71. The summed E-state index contributed by atoms with van der Waals surface area (Å²) < 4.78 is 23.4. The van der Waals surface area contributed by atoms with E-state index in [9.17, 15) is 14.4 Å². The van der Waals surface area contributed by atoms with Crippen molar-refractivity contribution in [2.45, 2.75) is 65.0 Å². The summed E-state index contributed by atoms with van der Waals surface area (Å²) in [7, 11) is 2.46. The van der Waals surface area contributed by atoms with Crippen LogP contribution < -0.4 is 0 Å². The van der Waals surface area contributed by atoms with Gasteiger partial charge in [-0.15, -0.1) is 0 Å². The molecule has 1 aromatic rings. The molecule has 0 aromatic heterocycles. The molecule has 1 aliphatic heterocycles. The number of methoxy groups -OCH3 is 2. The number of benzene rings is 1. The van der Waals surface area contributed by atoms with Gasteiger partial charge in [-0.2, -0.15) is 0 Å². The first-order chi connectivity index (χ1) is 17.5. The molecule has 0 saturated carbocycles. The lowest BCUT2D eigenvalue weighted by molar-refractivity contribution is -0.170. The molecular weight excluding hydrogens is 472 g/mol. The molecule has 1 saturated heterocycles.